The Morgan fingerprint density at radius 1 is 0.521 bits per heavy atom. The Kier molecular flexibility index (Phi) is 7.13. The molecular formula is C46H36N2. The molecular weight excluding hydrogens is 581 g/mol. The van der Waals surface area contributed by atoms with E-state index in [-0.39, 0.29) is 6.04 Å². The lowest BCUT2D eigenvalue weighted by molar-refractivity contribution is 0.828. The Hall–Kier alpha value is -5.86. The maximum Gasteiger partial charge on any atom is 0.0580 e. The van der Waals surface area contributed by atoms with Crippen LogP contribution >= 0.6 is 0 Å². The van der Waals surface area contributed by atoms with Gasteiger partial charge in [-0.1, -0.05) is 133 Å². The van der Waals surface area contributed by atoms with E-state index in [9.17, 15) is 0 Å². The van der Waals surface area contributed by atoms with Gasteiger partial charge < -0.3 is 9.47 Å². The third kappa shape index (κ3) is 4.98. The van der Waals surface area contributed by atoms with E-state index in [1.807, 2.05) is 0 Å². The molecule has 230 valence electrons. The largest absolute Gasteiger partial charge is 0.334 e. The lowest BCUT2D eigenvalue weighted by Crippen LogP contribution is -2.39. The number of hydrogen-bond donors (Lipinski definition) is 0. The highest BCUT2D eigenvalue weighted by Gasteiger charge is 2.24. The van der Waals surface area contributed by atoms with Crippen LogP contribution in [-0.4, -0.2) is 10.6 Å². The second-order valence-corrected chi connectivity index (χ2v) is 12.8. The summed E-state index contributed by atoms with van der Waals surface area (Å²) in [4.78, 5) is 2.51. The number of rotatable bonds is 6. The third-order valence-electron chi connectivity index (χ3n) is 10.0. The first-order chi connectivity index (χ1) is 23.8. The van der Waals surface area contributed by atoms with Gasteiger partial charge in [0, 0.05) is 33.6 Å². The van der Waals surface area contributed by atoms with Crippen LogP contribution in [0.25, 0.3) is 52.0 Å². The quantitative estimate of drug-likeness (QED) is 0.183. The normalized spacial score (nSPS) is 16.4. The van der Waals surface area contributed by atoms with Gasteiger partial charge in [-0.3, -0.25) is 0 Å². The van der Waals surface area contributed by atoms with Gasteiger partial charge in [-0.25, -0.2) is 0 Å². The number of para-hydroxylation sites is 2. The lowest BCUT2D eigenvalue weighted by Gasteiger charge is -2.33. The molecule has 2 aliphatic carbocycles. The summed E-state index contributed by atoms with van der Waals surface area (Å²) in [6, 6.07) is 57.4. The molecule has 2 heteroatoms. The van der Waals surface area contributed by atoms with Gasteiger partial charge in [-0.05, 0) is 88.5 Å². The van der Waals surface area contributed by atoms with E-state index in [0.29, 0.717) is 5.92 Å². The van der Waals surface area contributed by atoms with Crippen molar-refractivity contribution < 1.29 is 0 Å². The van der Waals surface area contributed by atoms with Crippen molar-refractivity contribution in [3.63, 3.8) is 0 Å². The molecule has 0 radical (unpaired) electrons. The number of anilines is 2. The second kappa shape index (κ2) is 12.1. The maximum absolute atomic E-state index is 2.51. The summed E-state index contributed by atoms with van der Waals surface area (Å²) in [5, 5.41) is 6.55. The third-order valence-corrected chi connectivity index (χ3v) is 10.0. The van der Waals surface area contributed by atoms with Gasteiger partial charge in [-0.15, -0.1) is 0 Å². The summed E-state index contributed by atoms with van der Waals surface area (Å²) in [6.45, 7) is 0. The molecule has 0 amide bonds. The fourth-order valence-electron chi connectivity index (χ4n) is 7.76. The topological polar surface area (TPSA) is 8.17 Å². The highest BCUT2D eigenvalue weighted by atomic mass is 15.2. The summed E-state index contributed by atoms with van der Waals surface area (Å²) < 4.78 is 2.46. The molecule has 0 aliphatic heterocycles. The Morgan fingerprint density at radius 3 is 1.96 bits per heavy atom. The zero-order chi connectivity index (χ0) is 31.9. The van der Waals surface area contributed by atoms with Crippen molar-refractivity contribution >= 4 is 46.6 Å². The molecule has 2 unspecified atom stereocenters. The van der Waals surface area contributed by atoms with E-state index in [1.54, 1.807) is 0 Å². The van der Waals surface area contributed by atoms with Crippen LogP contribution < -0.4 is 25.9 Å². The Morgan fingerprint density at radius 2 is 1.19 bits per heavy atom. The van der Waals surface area contributed by atoms with Crippen LogP contribution in [0.1, 0.15) is 24.3 Å². The van der Waals surface area contributed by atoms with Crippen molar-refractivity contribution in [2.24, 2.45) is 0 Å². The molecule has 9 rings (SSSR count). The van der Waals surface area contributed by atoms with E-state index in [0.717, 1.165) is 12.8 Å². The molecule has 0 fully saturated rings. The Balaban J connectivity index is 1.19. The van der Waals surface area contributed by atoms with Crippen LogP contribution in [0.4, 0.5) is 11.4 Å². The number of nitrogens with zero attached hydrogens (tertiary/aromatic N) is 2. The number of benzene rings is 6. The Bertz CT molecular complexity index is 2490. The molecule has 7 aromatic rings. The van der Waals surface area contributed by atoms with Crippen molar-refractivity contribution in [2.75, 3.05) is 4.90 Å². The molecule has 1 aromatic heterocycles. The summed E-state index contributed by atoms with van der Waals surface area (Å²) >= 11 is 0. The first kappa shape index (κ1) is 28.4. The van der Waals surface area contributed by atoms with Crippen LogP contribution in [0.5, 0.6) is 0 Å². The van der Waals surface area contributed by atoms with Crippen molar-refractivity contribution in [2.45, 2.75) is 24.8 Å². The van der Waals surface area contributed by atoms with Gasteiger partial charge in [0.2, 0.25) is 0 Å². The number of fused-ring (bicyclic) bond motifs is 4. The van der Waals surface area contributed by atoms with Crippen molar-refractivity contribution in [1.82, 2.24) is 4.57 Å². The highest BCUT2D eigenvalue weighted by Crippen LogP contribution is 2.34. The molecule has 0 saturated carbocycles. The molecule has 1 heterocycles. The van der Waals surface area contributed by atoms with E-state index in [4.69, 9.17) is 0 Å². The van der Waals surface area contributed by atoms with Gasteiger partial charge in [0.05, 0.1) is 16.9 Å². The minimum atomic E-state index is 0.138. The first-order valence-electron chi connectivity index (χ1n) is 17.0. The van der Waals surface area contributed by atoms with E-state index in [1.165, 1.54) is 65.7 Å². The molecule has 0 N–H and O–H groups in total. The minimum Gasteiger partial charge on any atom is -0.334 e. The molecule has 0 spiro atoms. The summed E-state index contributed by atoms with van der Waals surface area (Å²) in [7, 11) is 0. The van der Waals surface area contributed by atoms with E-state index < -0.39 is 0 Å². The van der Waals surface area contributed by atoms with Gasteiger partial charge in [0.25, 0.3) is 0 Å². The molecule has 2 nitrogen and oxygen atoms in total. The van der Waals surface area contributed by atoms with Gasteiger partial charge in [0.1, 0.15) is 0 Å². The predicted molar refractivity (Wildman–Crippen MR) is 202 cm³/mol. The van der Waals surface area contributed by atoms with Gasteiger partial charge in [-0.2, -0.15) is 0 Å². The molecule has 48 heavy (non-hydrogen) atoms. The molecule has 6 aromatic carbocycles. The van der Waals surface area contributed by atoms with Crippen molar-refractivity contribution in [1.29, 1.82) is 0 Å². The highest BCUT2D eigenvalue weighted by molar-refractivity contribution is 5.98. The molecule has 0 saturated heterocycles. The molecule has 2 atom stereocenters. The van der Waals surface area contributed by atoms with Crippen LogP contribution in [0.15, 0.2) is 158 Å². The number of aromatic nitrogens is 1. The lowest BCUT2D eigenvalue weighted by atomic mass is 9.90. The average Bonchev–Trinajstić information content (AvgIpc) is 3.50. The second-order valence-electron chi connectivity index (χ2n) is 12.8. The Labute approximate surface area is 281 Å². The van der Waals surface area contributed by atoms with Crippen molar-refractivity contribution in [3.05, 3.63) is 184 Å². The molecule has 0 bridgehead atoms. The predicted octanol–water partition coefficient (Wildman–Crippen LogP) is 8.22. The monoisotopic (exact) mass is 616 g/mol. The first-order valence-corrected chi connectivity index (χ1v) is 17.0. The van der Waals surface area contributed by atoms with E-state index in [2.05, 4.69) is 191 Å². The zero-order valence-electron chi connectivity index (χ0n) is 26.8. The van der Waals surface area contributed by atoms with Crippen LogP contribution in [0.3, 0.4) is 0 Å². The molecule has 2 aliphatic rings. The number of hydrogen-bond acceptors (Lipinski definition) is 1. The minimum absolute atomic E-state index is 0.138. The standard InChI is InChI=1S/C46H36N2/c1-4-14-35(15-5-1)42-21-12-22-44-46(42)43-30-29-41(32-45(43)48(44)39-19-8-3-9-20-39)47(38-17-6-2-7-18-38)40-27-25-34(26-28-40)37-24-23-33-13-10-11-16-36(33)31-37/h1-23,25-28,30-32,37,41H,24,29H2. The van der Waals surface area contributed by atoms with Gasteiger partial charge in [0.15, 0.2) is 0 Å². The van der Waals surface area contributed by atoms with Crippen molar-refractivity contribution in [3.8, 4) is 16.8 Å². The fraction of sp³-hybridized carbons (Fsp3) is 0.0870. The smallest absolute Gasteiger partial charge is 0.0580 e. The van der Waals surface area contributed by atoms with E-state index >= 15 is 0 Å². The summed E-state index contributed by atoms with van der Waals surface area (Å²) in [5.74, 6) is 0.386. The summed E-state index contributed by atoms with van der Waals surface area (Å²) in [6.07, 6.45) is 11.7. The maximum atomic E-state index is 2.51. The fourth-order valence-corrected chi connectivity index (χ4v) is 7.76. The van der Waals surface area contributed by atoms with Crippen LogP contribution in [0.2, 0.25) is 0 Å². The van der Waals surface area contributed by atoms with Crippen LogP contribution in [0, 0.1) is 0 Å². The summed E-state index contributed by atoms with van der Waals surface area (Å²) in [5.41, 5.74) is 8.69. The van der Waals surface area contributed by atoms with Crippen LogP contribution in [-0.2, 0) is 0 Å². The SMILES string of the molecule is C1=c2ccccc2=CC(c2ccc(N(c3ccccc3)C3C=c4c(c5c(-c6ccccc6)cccc5n4-c4ccccc4)=CC3)cc2)C1. The van der Waals surface area contributed by atoms with Gasteiger partial charge >= 0.3 is 0 Å². The zero-order valence-corrected chi connectivity index (χ0v) is 26.8. The average molecular weight is 617 g/mol.